The van der Waals surface area contributed by atoms with Gasteiger partial charge in [0, 0.05) is 13.1 Å². The summed E-state index contributed by atoms with van der Waals surface area (Å²) < 4.78 is 1.35. The molecular formula is C12H23N3O2. The van der Waals surface area contributed by atoms with Gasteiger partial charge in [0.25, 0.3) is 0 Å². The van der Waals surface area contributed by atoms with Gasteiger partial charge in [-0.25, -0.2) is 9.36 Å². The Balaban J connectivity index is 2.75. The second kappa shape index (κ2) is 5.91. The first kappa shape index (κ1) is 13.8. The fraction of sp³-hybridized carbons (Fsp3) is 0.750. The summed E-state index contributed by atoms with van der Waals surface area (Å²) in [7, 11) is 0. The van der Waals surface area contributed by atoms with Crippen molar-refractivity contribution >= 4 is 0 Å². The van der Waals surface area contributed by atoms with Crippen LogP contribution in [0.25, 0.3) is 0 Å². The summed E-state index contributed by atoms with van der Waals surface area (Å²) in [6.07, 6.45) is 1.32. The lowest BCUT2D eigenvalue weighted by Crippen LogP contribution is -2.36. The van der Waals surface area contributed by atoms with Crippen molar-refractivity contribution in [2.24, 2.45) is 11.8 Å². The molecule has 5 nitrogen and oxygen atoms in total. The Morgan fingerprint density at radius 2 is 1.82 bits per heavy atom. The minimum Gasteiger partial charge on any atom is -0.493 e. The van der Waals surface area contributed by atoms with Gasteiger partial charge in [-0.1, -0.05) is 27.7 Å². The minimum absolute atomic E-state index is 0.00693. The standard InChI is InChI=1S/C12H23N3O2/c1-9(2)6-14(7-10(3)4)8-15-11(16)5-13-12(15)17/h5,9-10,16H,6-8H2,1-4H3,(H,13,17). The molecule has 0 amide bonds. The van der Waals surface area contributed by atoms with Crippen LogP contribution in [0.4, 0.5) is 0 Å². The highest BCUT2D eigenvalue weighted by molar-refractivity contribution is 5.02. The lowest BCUT2D eigenvalue weighted by molar-refractivity contribution is 0.165. The van der Waals surface area contributed by atoms with Crippen molar-refractivity contribution in [3.8, 4) is 5.88 Å². The quantitative estimate of drug-likeness (QED) is 0.792. The van der Waals surface area contributed by atoms with Gasteiger partial charge in [-0.15, -0.1) is 0 Å². The molecule has 1 aromatic rings. The first-order valence-corrected chi connectivity index (χ1v) is 6.09. The zero-order chi connectivity index (χ0) is 13.0. The smallest absolute Gasteiger partial charge is 0.329 e. The van der Waals surface area contributed by atoms with Gasteiger partial charge in [0.2, 0.25) is 5.88 Å². The molecule has 0 spiro atoms. The molecule has 0 atom stereocenters. The molecule has 2 N–H and O–H groups in total. The highest BCUT2D eigenvalue weighted by Crippen LogP contribution is 2.08. The fourth-order valence-corrected chi connectivity index (χ4v) is 1.95. The SMILES string of the molecule is CC(C)CN(CC(C)C)Cn1c(O)c[nH]c1=O. The monoisotopic (exact) mass is 241 g/mol. The van der Waals surface area contributed by atoms with Gasteiger partial charge in [-0.3, -0.25) is 4.90 Å². The van der Waals surface area contributed by atoms with Gasteiger partial charge in [-0.2, -0.15) is 0 Å². The number of hydrogen-bond donors (Lipinski definition) is 2. The van der Waals surface area contributed by atoms with Crippen LogP contribution < -0.4 is 5.69 Å². The van der Waals surface area contributed by atoms with E-state index in [1.54, 1.807) is 0 Å². The average molecular weight is 241 g/mol. The molecule has 1 aromatic heterocycles. The molecule has 17 heavy (non-hydrogen) atoms. The first-order chi connectivity index (χ1) is 7.90. The normalized spacial score (nSPS) is 11.9. The molecule has 0 bridgehead atoms. The van der Waals surface area contributed by atoms with E-state index in [1.807, 2.05) is 0 Å². The largest absolute Gasteiger partial charge is 0.493 e. The molecule has 98 valence electrons. The number of rotatable bonds is 6. The average Bonchev–Trinajstić information content (AvgIpc) is 2.47. The Hall–Kier alpha value is -1.23. The van der Waals surface area contributed by atoms with Crippen molar-refractivity contribution in [2.45, 2.75) is 34.4 Å². The van der Waals surface area contributed by atoms with E-state index in [0.29, 0.717) is 18.5 Å². The second-order valence-corrected chi connectivity index (χ2v) is 5.35. The Bertz CT molecular complexity index is 383. The number of imidazole rings is 1. The van der Waals surface area contributed by atoms with Gasteiger partial charge in [0.05, 0.1) is 12.9 Å². The van der Waals surface area contributed by atoms with E-state index in [2.05, 4.69) is 37.6 Å². The lowest BCUT2D eigenvalue weighted by atomic mass is 10.1. The highest BCUT2D eigenvalue weighted by atomic mass is 16.3. The predicted octanol–water partition coefficient (Wildman–Crippen LogP) is 1.45. The van der Waals surface area contributed by atoms with E-state index < -0.39 is 0 Å². The molecule has 0 radical (unpaired) electrons. The van der Waals surface area contributed by atoms with Crippen LogP contribution in [0.15, 0.2) is 11.0 Å². The number of nitrogens with one attached hydrogen (secondary N) is 1. The molecule has 0 aliphatic heterocycles. The third-order valence-corrected chi connectivity index (χ3v) is 2.43. The van der Waals surface area contributed by atoms with E-state index in [0.717, 1.165) is 13.1 Å². The van der Waals surface area contributed by atoms with Crippen molar-refractivity contribution in [3.63, 3.8) is 0 Å². The fourth-order valence-electron chi connectivity index (χ4n) is 1.95. The van der Waals surface area contributed by atoms with E-state index >= 15 is 0 Å². The van der Waals surface area contributed by atoms with Crippen molar-refractivity contribution in [3.05, 3.63) is 16.7 Å². The summed E-state index contributed by atoms with van der Waals surface area (Å²) in [5.41, 5.74) is -0.264. The molecule has 0 aromatic carbocycles. The summed E-state index contributed by atoms with van der Waals surface area (Å²) in [4.78, 5) is 16.1. The molecule has 1 rings (SSSR count). The van der Waals surface area contributed by atoms with Crippen molar-refractivity contribution in [1.82, 2.24) is 14.5 Å². The van der Waals surface area contributed by atoms with Crippen molar-refractivity contribution in [2.75, 3.05) is 13.1 Å². The molecule has 1 heterocycles. The summed E-state index contributed by atoms with van der Waals surface area (Å²) in [6.45, 7) is 10.8. The molecular weight excluding hydrogens is 218 g/mol. The van der Waals surface area contributed by atoms with Crippen LogP contribution in [0, 0.1) is 11.8 Å². The zero-order valence-corrected chi connectivity index (χ0v) is 11.1. The molecule has 0 saturated carbocycles. The number of H-pyrrole nitrogens is 1. The summed E-state index contributed by atoms with van der Waals surface area (Å²) in [5, 5.41) is 9.55. The van der Waals surface area contributed by atoms with Crippen LogP contribution in [0.2, 0.25) is 0 Å². The van der Waals surface area contributed by atoms with Crippen LogP contribution in [0.1, 0.15) is 27.7 Å². The van der Waals surface area contributed by atoms with E-state index in [4.69, 9.17) is 0 Å². The molecule has 5 heteroatoms. The van der Waals surface area contributed by atoms with Gasteiger partial charge in [-0.05, 0) is 11.8 Å². The van der Waals surface area contributed by atoms with Gasteiger partial charge >= 0.3 is 5.69 Å². The summed E-state index contributed by atoms with van der Waals surface area (Å²) >= 11 is 0. The summed E-state index contributed by atoms with van der Waals surface area (Å²) in [5.74, 6) is 1.06. The Labute approximate surface area is 102 Å². The number of aromatic nitrogens is 2. The zero-order valence-electron chi connectivity index (χ0n) is 11.1. The van der Waals surface area contributed by atoms with Crippen LogP contribution in [-0.4, -0.2) is 32.6 Å². The maximum absolute atomic E-state index is 11.5. The predicted molar refractivity (Wildman–Crippen MR) is 68.0 cm³/mol. The maximum atomic E-state index is 11.5. The number of aromatic amines is 1. The van der Waals surface area contributed by atoms with E-state index in [-0.39, 0.29) is 11.6 Å². The Morgan fingerprint density at radius 1 is 1.29 bits per heavy atom. The van der Waals surface area contributed by atoms with Crippen LogP contribution >= 0.6 is 0 Å². The molecule has 0 aliphatic carbocycles. The van der Waals surface area contributed by atoms with Crippen LogP contribution in [-0.2, 0) is 6.67 Å². The third kappa shape index (κ3) is 4.26. The highest BCUT2D eigenvalue weighted by Gasteiger charge is 2.13. The number of aromatic hydroxyl groups is 1. The van der Waals surface area contributed by atoms with Crippen molar-refractivity contribution < 1.29 is 5.11 Å². The van der Waals surface area contributed by atoms with Crippen LogP contribution in [0.5, 0.6) is 5.88 Å². The first-order valence-electron chi connectivity index (χ1n) is 6.09. The van der Waals surface area contributed by atoms with Crippen molar-refractivity contribution in [1.29, 1.82) is 0 Å². The third-order valence-electron chi connectivity index (χ3n) is 2.43. The van der Waals surface area contributed by atoms with Gasteiger partial charge in [0.1, 0.15) is 0 Å². The molecule has 0 saturated heterocycles. The Kier molecular flexibility index (Phi) is 4.81. The maximum Gasteiger partial charge on any atom is 0.329 e. The second-order valence-electron chi connectivity index (χ2n) is 5.35. The molecule has 0 fully saturated rings. The Morgan fingerprint density at radius 3 is 2.18 bits per heavy atom. The summed E-state index contributed by atoms with van der Waals surface area (Å²) in [6, 6.07) is 0. The van der Waals surface area contributed by atoms with Gasteiger partial charge in [0.15, 0.2) is 0 Å². The topological polar surface area (TPSA) is 61.3 Å². The molecule has 0 unspecified atom stereocenters. The van der Waals surface area contributed by atoms with E-state index in [9.17, 15) is 9.90 Å². The lowest BCUT2D eigenvalue weighted by Gasteiger charge is -2.26. The number of nitrogens with zero attached hydrogens (tertiary/aromatic N) is 2. The minimum atomic E-state index is -0.264. The molecule has 0 aliphatic rings. The van der Waals surface area contributed by atoms with Crippen LogP contribution in [0.3, 0.4) is 0 Å². The number of hydrogen-bond acceptors (Lipinski definition) is 3. The van der Waals surface area contributed by atoms with E-state index in [1.165, 1.54) is 10.8 Å². The van der Waals surface area contributed by atoms with Gasteiger partial charge < -0.3 is 10.1 Å².